The van der Waals surface area contributed by atoms with Gasteiger partial charge in [0.2, 0.25) is 11.8 Å². The maximum Gasteiger partial charge on any atom is 0.328 e. The molecule has 3 aliphatic heterocycles. The van der Waals surface area contributed by atoms with Crippen LogP contribution < -0.4 is 10.6 Å². The fraction of sp³-hybridized carbons (Fsp3) is 0.688. The molecule has 9 atom stereocenters. The molecule has 4 N–H and O–H groups in total. The molecule has 2 amide bonds. The number of epoxide rings is 1. The number of hydrogen-bond donors (Lipinski definition) is 4. The van der Waals surface area contributed by atoms with Gasteiger partial charge in [-0.05, 0) is 59.5 Å². The summed E-state index contributed by atoms with van der Waals surface area (Å²) in [4.78, 5) is 47.3. The minimum absolute atomic E-state index is 0.0429. The van der Waals surface area contributed by atoms with Gasteiger partial charge >= 0.3 is 11.9 Å². The number of carbonyl (C=O) groups excluding carboxylic acids is 3. The highest BCUT2D eigenvalue weighted by molar-refractivity contribution is 5.88. The molecule has 0 saturated carbocycles. The molecule has 3 saturated heterocycles. The molecule has 1 spiro atoms. The Bertz CT molecular complexity index is 1160. The van der Waals surface area contributed by atoms with E-state index < -0.39 is 53.4 Å². The van der Waals surface area contributed by atoms with Gasteiger partial charge in [-0.15, -0.1) is 0 Å². The molecule has 0 aromatic rings. The molecule has 3 unspecified atom stereocenters. The molecule has 12 nitrogen and oxygen atoms in total. The van der Waals surface area contributed by atoms with Crippen LogP contribution in [0.4, 0.5) is 0 Å². The van der Waals surface area contributed by atoms with E-state index in [1.165, 1.54) is 32.9 Å². The number of aliphatic hydroxyl groups excluding tert-OH is 1. The molecule has 246 valence electrons. The molecule has 3 heterocycles. The van der Waals surface area contributed by atoms with Crippen LogP contribution in [0.3, 0.4) is 0 Å². The van der Waals surface area contributed by atoms with E-state index in [-0.39, 0.29) is 36.5 Å². The number of rotatable bonds is 12. The summed E-state index contributed by atoms with van der Waals surface area (Å²) in [5, 5.41) is 25.7. The molecule has 0 radical (unpaired) electrons. The maximum absolute atomic E-state index is 12.5. The van der Waals surface area contributed by atoms with Crippen LogP contribution in [0.25, 0.3) is 0 Å². The maximum atomic E-state index is 12.5. The van der Waals surface area contributed by atoms with Gasteiger partial charge in [0, 0.05) is 19.4 Å². The van der Waals surface area contributed by atoms with Gasteiger partial charge in [-0.3, -0.25) is 14.4 Å². The van der Waals surface area contributed by atoms with E-state index in [0.717, 1.165) is 12.0 Å². The lowest BCUT2D eigenvalue weighted by Gasteiger charge is -2.39. The summed E-state index contributed by atoms with van der Waals surface area (Å²) >= 11 is 0. The molecule has 3 aliphatic rings. The standard InChI is InChI=1S/C32H48N2O10/c1-18(8-11-25-19(2)14-24(21(4)43-25)33-27(36)13-10-20(3)42-22(5)35)9-12-26-29(38)32(17-41-32)16-23(44-26)15-28(37)34-31(6,7)30(39)40/h8-10,12-13,19-21,23-26,29,38H,11,14-17H2,1-7H3,(H,33,36)(H,34,37)(H,39,40)/b12-9+,13-10-,18-8+/t19-,20-,21?,23+,24+,25?,26?,29+,32+/m0/s1. The van der Waals surface area contributed by atoms with Crippen LogP contribution in [0, 0.1) is 5.92 Å². The van der Waals surface area contributed by atoms with Crippen molar-refractivity contribution in [3.05, 3.63) is 36.0 Å². The third-order valence-corrected chi connectivity index (χ3v) is 8.32. The highest BCUT2D eigenvalue weighted by atomic mass is 16.6. The predicted molar refractivity (Wildman–Crippen MR) is 160 cm³/mol. The normalized spacial score (nSPS) is 33.3. The number of nitrogens with one attached hydrogen (secondary N) is 2. The Morgan fingerprint density at radius 2 is 1.82 bits per heavy atom. The van der Waals surface area contributed by atoms with E-state index in [4.69, 9.17) is 18.9 Å². The van der Waals surface area contributed by atoms with Gasteiger partial charge in [0.25, 0.3) is 0 Å². The number of hydrogen-bond acceptors (Lipinski definition) is 9. The second kappa shape index (κ2) is 14.8. The summed E-state index contributed by atoms with van der Waals surface area (Å²) in [5.74, 6) is -2.08. The van der Waals surface area contributed by atoms with E-state index in [0.29, 0.717) is 19.4 Å². The molecular formula is C32H48N2O10. The SMILES string of the molecule is CC(=O)O[C@@H](C)/C=C\C(=O)N[C@@H]1C[C@H](C)C(C/C=C(C)/C=C/C2O[C@H](CC(=O)NC(C)(C)C(=O)O)C[C@@]3(CO3)[C@@H]2O)OC1C. The smallest absolute Gasteiger partial charge is 0.328 e. The van der Waals surface area contributed by atoms with E-state index in [9.17, 15) is 29.4 Å². The van der Waals surface area contributed by atoms with Crippen molar-refractivity contribution in [2.45, 2.75) is 128 Å². The molecule has 44 heavy (non-hydrogen) atoms. The number of amides is 2. The second-order valence-corrected chi connectivity index (χ2v) is 12.8. The Hall–Kier alpha value is -3.06. The molecular weight excluding hydrogens is 572 g/mol. The first-order chi connectivity index (χ1) is 20.5. The van der Waals surface area contributed by atoms with Crippen molar-refractivity contribution in [3.8, 4) is 0 Å². The topological polar surface area (TPSA) is 173 Å². The van der Waals surface area contributed by atoms with Crippen molar-refractivity contribution in [2.24, 2.45) is 5.92 Å². The number of carboxylic acids is 1. The number of carboxylic acid groups (broad SMARTS) is 1. The van der Waals surface area contributed by atoms with Crippen LogP contribution in [-0.2, 0) is 38.1 Å². The number of ether oxygens (including phenoxy) is 4. The summed E-state index contributed by atoms with van der Waals surface area (Å²) in [6.45, 7) is 12.2. The van der Waals surface area contributed by atoms with E-state index in [1.807, 2.05) is 19.9 Å². The zero-order valence-corrected chi connectivity index (χ0v) is 26.7. The van der Waals surface area contributed by atoms with Gasteiger partial charge in [-0.25, -0.2) is 4.79 Å². The van der Waals surface area contributed by atoms with Crippen molar-refractivity contribution in [3.63, 3.8) is 0 Å². The van der Waals surface area contributed by atoms with Gasteiger partial charge in [0.15, 0.2) is 0 Å². The quantitative estimate of drug-likeness (QED) is 0.110. The number of allylic oxidation sites excluding steroid dienone is 2. The summed E-state index contributed by atoms with van der Waals surface area (Å²) in [6.07, 6.45) is 7.43. The Labute approximate surface area is 259 Å². The van der Waals surface area contributed by atoms with Crippen LogP contribution in [0.2, 0.25) is 0 Å². The molecule has 0 aromatic carbocycles. The van der Waals surface area contributed by atoms with Crippen molar-refractivity contribution in [1.29, 1.82) is 0 Å². The Morgan fingerprint density at radius 3 is 2.43 bits per heavy atom. The lowest BCUT2D eigenvalue weighted by molar-refractivity contribution is -0.151. The average molecular weight is 621 g/mol. The fourth-order valence-corrected chi connectivity index (χ4v) is 5.55. The van der Waals surface area contributed by atoms with E-state index >= 15 is 0 Å². The first-order valence-electron chi connectivity index (χ1n) is 15.2. The molecule has 3 rings (SSSR count). The highest BCUT2D eigenvalue weighted by Gasteiger charge is 2.58. The van der Waals surface area contributed by atoms with Crippen LogP contribution in [0.15, 0.2) is 36.0 Å². The van der Waals surface area contributed by atoms with E-state index in [2.05, 4.69) is 23.6 Å². The summed E-state index contributed by atoms with van der Waals surface area (Å²) in [5.41, 5.74) is -1.22. The van der Waals surface area contributed by atoms with Gasteiger partial charge in [0.1, 0.15) is 29.5 Å². The summed E-state index contributed by atoms with van der Waals surface area (Å²) < 4.78 is 22.9. The summed E-state index contributed by atoms with van der Waals surface area (Å²) in [7, 11) is 0. The first kappa shape index (κ1) is 35.4. The zero-order chi connectivity index (χ0) is 32.8. The minimum Gasteiger partial charge on any atom is -0.480 e. The van der Waals surface area contributed by atoms with Crippen LogP contribution >= 0.6 is 0 Å². The van der Waals surface area contributed by atoms with Crippen molar-refractivity contribution in [1.82, 2.24) is 10.6 Å². The number of carbonyl (C=O) groups is 4. The third-order valence-electron chi connectivity index (χ3n) is 8.32. The lowest BCUT2D eigenvalue weighted by atomic mass is 9.87. The highest BCUT2D eigenvalue weighted by Crippen LogP contribution is 2.43. The third kappa shape index (κ3) is 9.98. The predicted octanol–water partition coefficient (Wildman–Crippen LogP) is 2.34. The second-order valence-electron chi connectivity index (χ2n) is 12.8. The van der Waals surface area contributed by atoms with Crippen molar-refractivity contribution >= 4 is 23.8 Å². The number of esters is 1. The van der Waals surface area contributed by atoms with Gasteiger partial charge in [-0.1, -0.05) is 30.7 Å². The first-order valence-corrected chi connectivity index (χ1v) is 15.2. The van der Waals surface area contributed by atoms with Crippen LogP contribution in [0.5, 0.6) is 0 Å². The summed E-state index contributed by atoms with van der Waals surface area (Å²) in [6, 6.07) is -0.153. The molecule has 3 fully saturated rings. The van der Waals surface area contributed by atoms with Crippen molar-refractivity contribution in [2.75, 3.05) is 6.61 Å². The van der Waals surface area contributed by atoms with Gasteiger partial charge < -0.3 is 39.8 Å². The van der Waals surface area contributed by atoms with Gasteiger partial charge in [-0.2, -0.15) is 0 Å². The minimum atomic E-state index is -1.41. The fourth-order valence-electron chi connectivity index (χ4n) is 5.55. The zero-order valence-electron chi connectivity index (χ0n) is 26.7. The monoisotopic (exact) mass is 620 g/mol. The largest absolute Gasteiger partial charge is 0.480 e. The number of aliphatic carboxylic acids is 1. The van der Waals surface area contributed by atoms with Gasteiger partial charge in [0.05, 0.1) is 37.4 Å². The van der Waals surface area contributed by atoms with Crippen LogP contribution in [-0.4, -0.2) is 94.4 Å². The Morgan fingerprint density at radius 1 is 1.14 bits per heavy atom. The van der Waals surface area contributed by atoms with Crippen LogP contribution in [0.1, 0.15) is 74.1 Å². The van der Waals surface area contributed by atoms with E-state index in [1.54, 1.807) is 13.0 Å². The van der Waals surface area contributed by atoms with Crippen molar-refractivity contribution < 1.29 is 48.3 Å². The molecule has 0 aliphatic carbocycles. The average Bonchev–Trinajstić information content (AvgIpc) is 3.68. The lowest BCUT2D eigenvalue weighted by Crippen LogP contribution is -2.53. The molecule has 0 aromatic heterocycles. The Balaban J connectivity index is 1.52. The Kier molecular flexibility index (Phi) is 11.9. The number of aliphatic hydroxyl groups is 1. The molecule has 12 heteroatoms. The molecule has 0 bridgehead atoms.